The van der Waals surface area contributed by atoms with Crippen LogP contribution < -0.4 is 5.32 Å². The van der Waals surface area contributed by atoms with Gasteiger partial charge in [0.2, 0.25) is 0 Å². The Hall–Kier alpha value is -3.52. The second-order valence-electron chi connectivity index (χ2n) is 6.24. The maximum atomic E-state index is 12.7. The van der Waals surface area contributed by atoms with E-state index >= 15 is 0 Å². The molecule has 0 saturated carbocycles. The van der Waals surface area contributed by atoms with Gasteiger partial charge < -0.3 is 5.32 Å². The molecule has 0 saturated heterocycles. The number of carbonyl (C=O) groups excluding carboxylic acids is 1. The predicted octanol–water partition coefficient (Wildman–Crippen LogP) is 3.05. The second kappa shape index (κ2) is 6.90. The van der Waals surface area contributed by atoms with Gasteiger partial charge in [0, 0.05) is 23.7 Å². The number of sulfone groups is 1. The maximum absolute atomic E-state index is 12.7. The average Bonchev–Trinajstić information content (AvgIpc) is 3.12. The molecule has 0 bridgehead atoms. The van der Waals surface area contributed by atoms with Crippen LogP contribution >= 0.6 is 0 Å². The predicted molar refractivity (Wildman–Crippen MR) is 106 cm³/mol. The smallest absolute Gasteiger partial charge is 0.261 e. The summed E-state index contributed by atoms with van der Waals surface area (Å²) in [4.78, 5) is 17.2. The van der Waals surface area contributed by atoms with Gasteiger partial charge in [0.1, 0.15) is 5.56 Å². The highest BCUT2D eigenvalue weighted by Crippen LogP contribution is 2.22. The third-order valence-electron chi connectivity index (χ3n) is 4.24. The van der Waals surface area contributed by atoms with Crippen molar-refractivity contribution in [1.29, 1.82) is 0 Å². The number of nitrogens with zero attached hydrogens (tertiary/aromatic N) is 3. The van der Waals surface area contributed by atoms with Crippen molar-refractivity contribution < 1.29 is 13.2 Å². The van der Waals surface area contributed by atoms with E-state index in [-0.39, 0.29) is 4.90 Å². The molecule has 0 fully saturated rings. The fourth-order valence-electron chi connectivity index (χ4n) is 2.88. The lowest BCUT2D eigenvalue weighted by atomic mass is 10.1. The fraction of sp³-hybridized carbons (Fsp3) is 0.0500. The minimum Gasteiger partial charge on any atom is -0.322 e. The van der Waals surface area contributed by atoms with Crippen molar-refractivity contribution in [2.24, 2.45) is 0 Å². The van der Waals surface area contributed by atoms with Crippen molar-refractivity contribution in [1.82, 2.24) is 14.6 Å². The summed E-state index contributed by atoms with van der Waals surface area (Å²) in [6.07, 6.45) is 4.19. The van der Waals surface area contributed by atoms with Crippen molar-refractivity contribution in [2.45, 2.75) is 4.90 Å². The van der Waals surface area contributed by atoms with E-state index in [9.17, 15) is 13.2 Å². The van der Waals surface area contributed by atoms with Gasteiger partial charge in [-0.1, -0.05) is 36.4 Å². The van der Waals surface area contributed by atoms with Crippen LogP contribution in [0, 0.1) is 0 Å². The van der Waals surface area contributed by atoms with Gasteiger partial charge in [0.05, 0.1) is 16.8 Å². The monoisotopic (exact) mass is 392 g/mol. The highest BCUT2D eigenvalue weighted by molar-refractivity contribution is 7.90. The number of aromatic nitrogens is 3. The van der Waals surface area contributed by atoms with Crippen molar-refractivity contribution >= 4 is 27.1 Å². The second-order valence-corrected chi connectivity index (χ2v) is 8.26. The third-order valence-corrected chi connectivity index (χ3v) is 5.35. The normalized spacial score (nSPS) is 11.5. The number of hydrogen-bond donors (Lipinski definition) is 1. The SMILES string of the molecule is CS(=O)(=O)c1cccc(NC(=O)c2cnn3c(-c4ccccc4)ccnc23)c1. The van der Waals surface area contributed by atoms with Crippen LogP contribution in [0.5, 0.6) is 0 Å². The standard InChI is InChI=1S/C20H16N4O3S/c1-28(26,27)16-9-5-8-15(12-16)23-20(25)17-13-22-24-18(10-11-21-19(17)24)14-6-3-2-4-7-14/h2-13H,1H3,(H,23,25). The van der Waals surface area contributed by atoms with Crippen molar-refractivity contribution in [2.75, 3.05) is 11.6 Å². The molecule has 4 aromatic rings. The number of benzene rings is 2. The Morgan fingerprint density at radius 1 is 1.04 bits per heavy atom. The number of rotatable bonds is 4. The third kappa shape index (κ3) is 3.37. The lowest BCUT2D eigenvalue weighted by molar-refractivity contribution is 0.102. The topological polar surface area (TPSA) is 93.4 Å². The summed E-state index contributed by atoms with van der Waals surface area (Å²) in [5.74, 6) is -0.418. The summed E-state index contributed by atoms with van der Waals surface area (Å²) in [5.41, 5.74) is 2.85. The van der Waals surface area contributed by atoms with E-state index in [1.54, 1.807) is 22.8 Å². The summed E-state index contributed by atoms with van der Waals surface area (Å²) < 4.78 is 25.0. The molecule has 140 valence electrons. The average molecular weight is 392 g/mol. The molecule has 0 atom stereocenters. The minimum absolute atomic E-state index is 0.134. The summed E-state index contributed by atoms with van der Waals surface area (Å²) in [6.45, 7) is 0. The quantitative estimate of drug-likeness (QED) is 0.576. The van der Waals surface area contributed by atoms with Crippen LogP contribution in [-0.2, 0) is 9.84 Å². The largest absolute Gasteiger partial charge is 0.322 e. The maximum Gasteiger partial charge on any atom is 0.261 e. The van der Waals surface area contributed by atoms with Crippen LogP contribution in [0.2, 0.25) is 0 Å². The molecular formula is C20H16N4O3S. The highest BCUT2D eigenvalue weighted by Gasteiger charge is 2.17. The zero-order valence-electron chi connectivity index (χ0n) is 14.9. The zero-order valence-corrected chi connectivity index (χ0v) is 15.7. The number of anilines is 1. The van der Waals surface area contributed by atoms with E-state index in [4.69, 9.17) is 0 Å². The molecule has 2 heterocycles. The van der Waals surface area contributed by atoms with Gasteiger partial charge in [-0.3, -0.25) is 4.79 Å². The molecule has 28 heavy (non-hydrogen) atoms. The summed E-state index contributed by atoms with van der Waals surface area (Å²) >= 11 is 0. The van der Waals surface area contributed by atoms with Crippen LogP contribution in [0.4, 0.5) is 5.69 Å². The Kier molecular flexibility index (Phi) is 4.40. The van der Waals surface area contributed by atoms with Crippen LogP contribution in [0.15, 0.2) is 78.0 Å². The molecule has 8 heteroatoms. The van der Waals surface area contributed by atoms with E-state index in [1.807, 2.05) is 36.4 Å². The van der Waals surface area contributed by atoms with E-state index in [1.165, 1.54) is 18.3 Å². The molecule has 2 aromatic carbocycles. The van der Waals surface area contributed by atoms with Crippen molar-refractivity contribution in [3.8, 4) is 11.3 Å². The van der Waals surface area contributed by atoms with Gasteiger partial charge in [-0.15, -0.1) is 0 Å². The fourth-order valence-corrected chi connectivity index (χ4v) is 3.55. The molecule has 0 aliphatic carbocycles. The van der Waals surface area contributed by atoms with Crippen LogP contribution in [-0.4, -0.2) is 35.2 Å². The first-order valence-corrected chi connectivity index (χ1v) is 10.3. The molecule has 0 unspecified atom stereocenters. The van der Waals surface area contributed by atoms with Crippen molar-refractivity contribution in [3.63, 3.8) is 0 Å². The number of carbonyl (C=O) groups is 1. The first-order valence-electron chi connectivity index (χ1n) is 8.43. The Morgan fingerprint density at radius 3 is 2.57 bits per heavy atom. The van der Waals surface area contributed by atoms with Crippen molar-refractivity contribution in [3.05, 3.63) is 78.6 Å². The lowest BCUT2D eigenvalue weighted by Crippen LogP contribution is -2.12. The van der Waals surface area contributed by atoms with Gasteiger partial charge in [0.15, 0.2) is 15.5 Å². The van der Waals surface area contributed by atoms with Gasteiger partial charge in [-0.2, -0.15) is 5.10 Å². The molecule has 0 radical (unpaired) electrons. The Morgan fingerprint density at radius 2 is 1.82 bits per heavy atom. The Balaban J connectivity index is 1.70. The molecule has 7 nitrogen and oxygen atoms in total. The number of fused-ring (bicyclic) bond motifs is 1. The van der Waals surface area contributed by atoms with Crippen LogP contribution in [0.3, 0.4) is 0 Å². The first kappa shape index (κ1) is 17.9. The molecule has 0 spiro atoms. The summed E-state index contributed by atoms with van der Waals surface area (Å²) in [5, 5.41) is 7.02. The number of amides is 1. The Bertz CT molecular complexity index is 1280. The molecule has 2 aromatic heterocycles. The lowest BCUT2D eigenvalue weighted by Gasteiger charge is -2.07. The van der Waals surface area contributed by atoms with Gasteiger partial charge in [-0.05, 0) is 24.3 Å². The molecule has 0 aliphatic heterocycles. The van der Waals surface area contributed by atoms with E-state index in [0.29, 0.717) is 16.9 Å². The van der Waals surface area contributed by atoms with E-state index in [0.717, 1.165) is 17.5 Å². The summed E-state index contributed by atoms with van der Waals surface area (Å²) in [6, 6.07) is 17.6. The first-order chi connectivity index (χ1) is 13.4. The number of nitrogens with one attached hydrogen (secondary N) is 1. The summed E-state index contributed by atoms with van der Waals surface area (Å²) in [7, 11) is -3.37. The van der Waals surface area contributed by atoms with E-state index < -0.39 is 15.7 Å². The minimum atomic E-state index is -3.37. The van der Waals surface area contributed by atoms with Gasteiger partial charge in [0.25, 0.3) is 5.91 Å². The van der Waals surface area contributed by atoms with Gasteiger partial charge in [-0.25, -0.2) is 17.9 Å². The molecule has 4 rings (SSSR count). The van der Waals surface area contributed by atoms with Crippen LogP contribution in [0.25, 0.3) is 16.9 Å². The molecular weight excluding hydrogens is 376 g/mol. The van der Waals surface area contributed by atoms with E-state index in [2.05, 4.69) is 15.4 Å². The number of hydrogen-bond acceptors (Lipinski definition) is 5. The van der Waals surface area contributed by atoms with Gasteiger partial charge >= 0.3 is 0 Å². The molecule has 0 aliphatic rings. The zero-order chi connectivity index (χ0) is 19.7. The highest BCUT2D eigenvalue weighted by atomic mass is 32.2. The molecule has 1 amide bonds. The van der Waals surface area contributed by atoms with Crippen LogP contribution in [0.1, 0.15) is 10.4 Å². The Labute approximate surface area is 161 Å². The molecule has 1 N–H and O–H groups in total.